The molecule has 9 heteroatoms. The smallest absolute Gasteiger partial charge is 0.308 e. The van der Waals surface area contributed by atoms with Gasteiger partial charge in [0.05, 0.1) is 0 Å². The van der Waals surface area contributed by atoms with Crippen molar-refractivity contribution in [3.05, 3.63) is 89.5 Å². The largest absolute Gasteiger partial charge is 0.427 e. The minimum atomic E-state index is -0.572. The van der Waals surface area contributed by atoms with Crippen molar-refractivity contribution in [1.29, 1.82) is 0 Å². The second kappa shape index (κ2) is 10.4. The van der Waals surface area contributed by atoms with Gasteiger partial charge in [0.15, 0.2) is 0 Å². The number of aromatic nitrogens is 2. The highest BCUT2D eigenvalue weighted by Crippen LogP contribution is 2.28. The van der Waals surface area contributed by atoms with Crippen molar-refractivity contribution >= 4 is 17.8 Å². The average molecular weight is 499 g/mol. The van der Waals surface area contributed by atoms with Crippen LogP contribution in [0.5, 0.6) is 5.75 Å². The number of benzene rings is 3. The maximum Gasteiger partial charge on any atom is 0.308 e. The van der Waals surface area contributed by atoms with Crippen molar-refractivity contribution in [1.82, 2.24) is 21.0 Å². The quantitative estimate of drug-likeness (QED) is 0.232. The van der Waals surface area contributed by atoms with E-state index in [0.717, 1.165) is 5.56 Å². The van der Waals surface area contributed by atoms with Gasteiger partial charge in [-0.05, 0) is 59.5 Å². The number of rotatable bonds is 5. The minimum Gasteiger partial charge on any atom is -0.427 e. The van der Waals surface area contributed by atoms with E-state index in [2.05, 4.69) is 41.8 Å². The minimum absolute atomic E-state index is 0.0347. The number of nitrogens with zero attached hydrogens (tertiary/aromatic N) is 2. The van der Waals surface area contributed by atoms with E-state index in [0.29, 0.717) is 11.5 Å². The zero-order chi connectivity index (χ0) is 26.6. The molecule has 9 nitrogen and oxygen atoms in total. The molecule has 2 amide bonds. The first kappa shape index (κ1) is 25.3. The van der Waals surface area contributed by atoms with Crippen molar-refractivity contribution in [2.45, 2.75) is 33.1 Å². The maximum absolute atomic E-state index is 12.7. The first-order chi connectivity index (χ1) is 17.6. The molecule has 0 saturated heterocycles. The fraction of sp³-hybridized carbons (Fsp3) is 0.179. The Morgan fingerprint density at radius 2 is 1.32 bits per heavy atom. The molecule has 0 radical (unpaired) electrons. The molecule has 0 aliphatic heterocycles. The number of esters is 1. The third-order valence-corrected chi connectivity index (χ3v) is 5.44. The van der Waals surface area contributed by atoms with Gasteiger partial charge >= 0.3 is 5.97 Å². The first-order valence-corrected chi connectivity index (χ1v) is 11.5. The Morgan fingerprint density at radius 1 is 0.757 bits per heavy atom. The molecule has 4 aromatic rings. The lowest BCUT2D eigenvalue weighted by molar-refractivity contribution is -0.131. The highest BCUT2D eigenvalue weighted by molar-refractivity contribution is 5.99. The summed E-state index contributed by atoms with van der Waals surface area (Å²) in [6.07, 6.45) is 0. The van der Waals surface area contributed by atoms with E-state index in [4.69, 9.17) is 9.15 Å². The molecule has 0 saturated carbocycles. The number of hydrogen-bond donors (Lipinski definition) is 2. The third kappa shape index (κ3) is 6.26. The summed E-state index contributed by atoms with van der Waals surface area (Å²) in [6, 6.07) is 20.6. The molecule has 0 aliphatic carbocycles. The average Bonchev–Trinajstić information content (AvgIpc) is 3.37. The van der Waals surface area contributed by atoms with Gasteiger partial charge in [-0.15, -0.1) is 10.2 Å². The molecule has 188 valence electrons. The predicted octanol–water partition coefficient (Wildman–Crippen LogP) is 4.70. The normalized spacial score (nSPS) is 11.0. The number of hydrogen-bond acceptors (Lipinski definition) is 7. The molecular formula is C28H26N4O5. The Balaban J connectivity index is 1.43. The van der Waals surface area contributed by atoms with Gasteiger partial charge in [0.25, 0.3) is 11.8 Å². The second-order valence-corrected chi connectivity index (χ2v) is 9.35. The monoisotopic (exact) mass is 498 g/mol. The van der Waals surface area contributed by atoms with E-state index in [1.54, 1.807) is 36.4 Å². The first-order valence-electron chi connectivity index (χ1n) is 11.5. The van der Waals surface area contributed by atoms with Crippen molar-refractivity contribution in [3.8, 4) is 28.7 Å². The van der Waals surface area contributed by atoms with Crippen LogP contribution in [0.4, 0.5) is 0 Å². The number of carbonyl (C=O) groups excluding carboxylic acids is 3. The summed E-state index contributed by atoms with van der Waals surface area (Å²) in [6.45, 7) is 7.69. The Labute approximate surface area is 213 Å². The molecule has 0 bridgehead atoms. The van der Waals surface area contributed by atoms with Crippen molar-refractivity contribution in [2.75, 3.05) is 0 Å². The lowest BCUT2D eigenvalue weighted by Crippen LogP contribution is -2.41. The SMILES string of the molecule is CC(=O)Oc1cccc(C(=O)NNC(=O)c2cccc(-c3nnc(-c4ccc(C(C)(C)C)cc4)o3)c2)c1. The Hall–Kier alpha value is -4.79. The van der Waals surface area contributed by atoms with Gasteiger partial charge in [0.2, 0.25) is 11.8 Å². The summed E-state index contributed by atoms with van der Waals surface area (Å²) in [5, 5.41) is 8.26. The Morgan fingerprint density at radius 3 is 1.92 bits per heavy atom. The van der Waals surface area contributed by atoms with Gasteiger partial charge in [-0.25, -0.2) is 0 Å². The van der Waals surface area contributed by atoms with Gasteiger partial charge in [0.1, 0.15) is 5.75 Å². The van der Waals surface area contributed by atoms with E-state index in [-0.39, 0.29) is 28.2 Å². The van der Waals surface area contributed by atoms with Crippen molar-refractivity contribution in [3.63, 3.8) is 0 Å². The molecule has 0 aliphatic rings. The van der Waals surface area contributed by atoms with E-state index >= 15 is 0 Å². The Kier molecular flexibility index (Phi) is 7.15. The van der Waals surface area contributed by atoms with Crippen LogP contribution in [0.25, 0.3) is 22.9 Å². The summed E-state index contributed by atoms with van der Waals surface area (Å²) in [4.78, 5) is 36.2. The van der Waals surface area contributed by atoms with Crippen LogP contribution in [0.1, 0.15) is 54.0 Å². The molecular weight excluding hydrogens is 472 g/mol. The van der Waals surface area contributed by atoms with Crippen LogP contribution in [-0.4, -0.2) is 28.0 Å². The second-order valence-electron chi connectivity index (χ2n) is 9.35. The fourth-order valence-electron chi connectivity index (χ4n) is 3.49. The van der Waals surface area contributed by atoms with Crippen LogP contribution in [0.2, 0.25) is 0 Å². The lowest BCUT2D eigenvalue weighted by Gasteiger charge is -2.18. The highest BCUT2D eigenvalue weighted by Gasteiger charge is 2.16. The molecule has 2 N–H and O–H groups in total. The molecule has 0 atom stereocenters. The van der Waals surface area contributed by atoms with Gasteiger partial charge in [-0.1, -0.05) is 45.0 Å². The molecule has 0 unspecified atom stereocenters. The van der Waals surface area contributed by atoms with Crippen molar-refractivity contribution in [2.24, 2.45) is 0 Å². The van der Waals surface area contributed by atoms with Crippen LogP contribution in [-0.2, 0) is 10.2 Å². The highest BCUT2D eigenvalue weighted by atomic mass is 16.5. The number of ether oxygens (including phenoxy) is 1. The molecule has 4 rings (SSSR count). The predicted molar refractivity (Wildman–Crippen MR) is 137 cm³/mol. The molecule has 37 heavy (non-hydrogen) atoms. The standard InChI is InChI=1S/C28H26N4O5/c1-17(33)36-23-10-6-8-20(16-23)25(35)30-29-24(34)19-7-5-9-21(15-19)27-32-31-26(37-27)18-11-13-22(14-12-18)28(2,3)4/h5-16H,1-4H3,(H,29,34)(H,30,35). The van der Waals surface area contributed by atoms with E-state index < -0.39 is 17.8 Å². The van der Waals surface area contributed by atoms with Gasteiger partial charge in [-0.2, -0.15) is 0 Å². The third-order valence-electron chi connectivity index (χ3n) is 5.44. The van der Waals surface area contributed by atoms with Crippen molar-refractivity contribution < 1.29 is 23.5 Å². The Bertz CT molecular complexity index is 1450. The summed E-state index contributed by atoms with van der Waals surface area (Å²) in [5.74, 6) is -0.758. The van der Waals surface area contributed by atoms with Gasteiger partial charge in [-0.3, -0.25) is 25.2 Å². The number of carbonyl (C=O) groups is 3. The topological polar surface area (TPSA) is 123 Å². The van der Waals surface area contributed by atoms with E-state index in [1.165, 1.54) is 24.6 Å². The molecule has 0 spiro atoms. The van der Waals surface area contributed by atoms with Crippen LogP contribution in [0.15, 0.2) is 77.2 Å². The van der Waals surface area contributed by atoms with Crippen LogP contribution in [0.3, 0.4) is 0 Å². The van der Waals surface area contributed by atoms with Crippen LogP contribution >= 0.6 is 0 Å². The van der Waals surface area contributed by atoms with Gasteiger partial charge < -0.3 is 9.15 Å². The number of hydrazine groups is 1. The molecule has 0 fully saturated rings. The molecule has 3 aromatic carbocycles. The van der Waals surface area contributed by atoms with Crippen LogP contribution in [0, 0.1) is 0 Å². The fourth-order valence-corrected chi connectivity index (χ4v) is 3.49. The summed E-state index contributed by atoms with van der Waals surface area (Å²) in [5.41, 5.74) is 7.78. The van der Waals surface area contributed by atoms with Crippen LogP contribution < -0.4 is 15.6 Å². The zero-order valence-electron chi connectivity index (χ0n) is 20.9. The zero-order valence-corrected chi connectivity index (χ0v) is 20.9. The number of amides is 2. The maximum atomic E-state index is 12.7. The summed E-state index contributed by atoms with van der Waals surface area (Å²) in [7, 11) is 0. The number of nitrogens with one attached hydrogen (secondary N) is 2. The van der Waals surface area contributed by atoms with Gasteiger partial charge in [0, 0.05) is 29.2 Å². The van der Waals surface area contributed by atoms with E-state index in [1.807, 2.05) is 24.3 Å². The lowest BCUT2D eigenvalue weighted by atomic mass is 9.87. The summed E-state index contributed by atoms with van der Waals surface area (Å²) < 4.78 is 10.8. The van der Waals surface area contributed by atoms with E-state index in [9.17, 15) is 14.4 Å². The summed E-state index contributed by atoms with van der Waals surface area (Å²) >= 11 is 0. The molecule has 1 heterocycles. The molecule has 1 aromatic heterocycles.